The van der Waals surface area contributed by atoms with Crippen LogP contribution in [0.5, 0.6) is 0 Å². The fourth-order valence-electron chi connectivity index (χ4n) is 2.77. The number of nitrogens with two attached hydrogens (primary N) is 1. The molecule has 0 spiro atoms. The standard InChI is InChI=1S/C15H16F2N2/c1-9-7-12(17)15(8-11(9)16)19-6-5-10-13(18)3-2-4-14(10)19/h5-8,13H,2-4,18H2,1H3. The van der Waals surface area contributed by atoms with Crippen molar-refractivity contribution in [2.24, 2.45) is 5.73 Å². The Morgan fingerprint density at radius 3 is 2.84 bits per heavy atom. The fourth-order valence-corrected chi connectivity index (χ4v) is 2.77. The van der Waals surface area contributed by atoms with Gasteiger partial charge in [-0.1, -0.05) is 0 Å². The largest absolute Gasteiger partial charge is 0.324 e. The van der Waals surface area contributed by atoms with Gasteiger partial charge in [-0.05, 0) is 49.4 Å². The number of rotatable bonds is 1. The van der Waals surface area contributed by atoms with Crippen molar-refractivity contribution in [2.75, 3.05) is 0 Å². The summed E-state index contributed by atoms with van der Waals surface area (Å²) < 4.78 is 29.4. The molecule has 0 fully saturated rings. The highest BCUT2D eigenvalue weighted by Crippen LogP contribution is 2.31. The molecule has 3 rings (SSSR count). The summed E-state index contributed by atoms with van der Waals surface area (Å²) in [4.78, 5) is 0. The minimum atomic E-state index is -0.406. The molecule has 0 saturated carbocycles. The van der Waals surface area contributed by atoms with Gasteiger partial charge in [0, 0.05) is 24.0 Å². The first-order valence-corrected chi connectivity index (χ1v) is 6.49. The van der Waals surface area contributed by atoms with Crippen molar-refractivity contribution in [3.8, 4) is 5.69 Å². The SMILES string of the molecule is Cc1cc(F)c(-n2ccc3c2CCCC3N)cc1F. The van der Waals surface area contributed by atoms with Gasteiger partial charge in [0.15, 0.2) is 0 Å². The van der Waals surface area contributed by atoms with Gasteiger partial charge in [-0.3, -0.25) is 0 Å². The van der Waals surface area contributed by atoms with Crippen LogP contribution in [-0.2, 0) is 6.42 Å². The molecule has 1 aliphatic carbocycles. The van der Waals surface area contributed by atoms with E-state index in [2.05, 4.69) is 0 Å². The van der Waals surface area contributed by atoms with Gasteiger partial charge in [-0.25, -0.2) is 8.78 Å². The van der Waals surface area contributed by atoms with Crippen molar-refractivity contribution in [1.82, 2.24) is 4.57 Å². The molecule has 0 radical (unpaired) electrons. The molecule has 100 valence electrons. The summed E-state index contributed by atoms with van der Waals surface area (Å²) in [5, 5.41) is 0. The van der Waals surface area contributed by atoms with E-state index in [1.165, 1.54) is 12.1 Å². The molecule has 4 heteroatoms. The molecule has 1 aromatic carbocycles. The Balaban J connectivity index is 2.16. The third-order valence-electron chi connectivity index (χ3n) is 3.84. The van der Waals surface area contributed by atoms with Crippen LogP contribution < -0.4 is 5.73 Å². The third kappa shape index (κ3) is 1.96. The molecule has 0 amide bonds. The van der Waals surface area contributed by atoms with Crippen LogP contribution in [0.2, 0.25) is 0 Å². The van der Waals surface area contributed by atoms with E-state index in [0.29, 0.717) is 5.56 Å². The number of aromatic nitrogens is 1. The van der Waals surface area contributed by atoms with E-state index in [1.807, 2.05) is 6.07 Å². The minimum absolute atomic E-state index is 0.00311. The van der Waals surface area contributed by atoms with Crippen LogP contribution in [0.4, 0.5) is 8.78 Å². The topological polar surface area (TPSA) is 30.9 Å². The molecule has 0 bridgehead atoms. The Morgan fingerprint density at radius 2 is 2.05 bits per heavy atom. The molecule has 0 saturated heterocycles. The Hall–Kier alpha value is -1.68. The van der Waals surface area contributed by atoms with Crippen LogP contribution in [0.25, 0.3) is 5.69 Å². The second-order valence-corrected chi connectivity index (χ2v) is 5.14. The lowest BCUT2D eigenvalue weighted by molar-refractivity contribution is 0.552. The number of benzene rings is 1. The fraction of sp³-hybridized carbons (Fsp3) is 0.333. The van der Waals surface area contributed by atoms with Crippen molar-refractivity contribution in [2.45, 2.75) is 32.2 Å². The number of fused-ring (bicyclic) bond motifs is 1. The molecule has 2 N–H and O–H groups in total. The zero-order valence-corrected chi connectivity index (χ0v) is 10.8. The first kappa shape index (κ1) is 12.4. The highest BCUT2D eigenvalue weighted by atomic mass is 19.1. The summed E-state index contributed by atoms with van der Waals surface area (Å²) >= 11 is 0. The van der Waals surface area contributed by atoms with E-state index in [1.54, 1.807) is 17.7 Å². The van der Waals surface area contributed by atoms with E-state index in [0.717, 1.165) is 30.5 Å². The maximum Gasteiger partial charge on any atom is 0.147 e. The summed E-state index contributed by atoms with van der Waals surface area (Å²) in [6, 6.07) is 4.41. The minimum Gasteiger partial charge on any atom is -0.324 e. The molecule has 1 unspecified atom stereocenters. The Kier molecular flexibility index (Phi) is 2.90. The van der Waals surface area contributed by atoms with Crippen LogP contribution in [-0.4, -0.2) is 4.57 Å². The molecular formula is C15H16F2N2. The van der Waals surface area contributed by atoms with Gasteiger partial charge in [-0.15, -0.1) is 0 Å². The van der Waals surface area contributed by atoms with Crippen molar-refractivity contribution in [1.29, 1.82) is 0 Å². The lowest BCUT2D eigenvalue weighted by Crippen LogP contribution is -2.18. The van der Waals surface area contributed by atoms with Crippen molar-refractivity contribution in [3.63, 3.8) is 0 Å². The average molecular weight is 262 g/mol. The summed E-state index contributed by atoms with van der Waals surface area (Å²) in [6.07, 6.45) is 4.56. The molecular weight excluding hydrogens is 246 g/mol. The van der Waals surface area contributed by atoms with E-state index in [4.69, 9.17) is 5.73 Å². The summed E-state index contributed by atoms with van der Waals surface area (Å²) in [7, 11) is 0. The Labute approximate surface area is 110 Å². The zero-order chi connectivity index (χ0) is 13.6. The van der Waals surface area contributed by atoms with E-state index >= 15 is 0 Å². The molecule has 1 aromatic heterocycles. The highest BCUT2D eigenvalue weighted by molar-refractivity contribution is 5.43. The second kappa shape index (κ2) is 4.46. The number of nitrogens with zero attached hydrogens (tertiary/aromatic N) is 1. The Bertz CT molecular complexity index is 631. The lowest BCUT2D eigenvalue weighted by Gasteiger charge is -2.21. The van der Waals surface area contributed by atoms with Gasteiger partial charge < -0.3 is 10.3 Å². The van der Waals surface area contributed by atoms with Crippen LogP contribution in [0.1, 0.15) is 35.7 Å². The highest BCUT2D eigenvalue weighted by Gasteiger charge is 2.22. The smallest absolute Gasteiger partial charge is 0.147 e. The Morgan fingerprint density at radius 1 is 1.26 bits per heavy atom. The first-order chi connectivity index (χ1) is 9.08. The van der Waals surface area contributed by atoms with Crippen LogP contribution in [0.3, 0.4) is 0 Å². The van der Waals surface area contributed by atoms with Gasteiger partial charge in [0.1, 0.15) is 11.6 Å². The van der Waals surface area contributed by atoms with Crippen molar-refractivity contribution < 1.29 is 8.78 Å². The van der Waals surface area contributed by atoms with Crippen LogP contribution in [0.15, 0.2) is 24.4 Å². The van der Waals surface area contributed by atoms with Gasteiger partial charge in [-0.2, -0.15) is 0 Å². The molecule has 19 heavy (non-hydrogen) atoms. The van der Waals surface area contributed by atoms with E-state index < -0.39 is 5.82 Å². The predicted octanol–water partition coefficient (Wildman–Crippen LogP) is 3.40. The number of hydrogen-bond donors (Lipinski definition) is 1. The quantitative estimate of drug-likeness (QED) is 0.839. The van der Waals surface area contributed by atoms with E-state index in [9.17, 15) is 8.78 Å². The number of aryl methyl sites for hydroxylation is 1. The van der Waals surface area contributed by atoms with Crippen LogP contribution in [0, 0.1) is 18.6 Å². The first-order valence-electron chi connectivity index (χ1n) is 6.49. The van der Waals surface area contributed by atoms with E-state index in [-0.39, 0.29) is 17.5 Å². The molecule has 1 atom stereocenters. The summed E-state index contributed by atoms with van der Waals surface area (Å²) in [5.74, 6) is -0.796. The monoisotopic (exact) mass is 262 g/mol. The van der Waals surface area contributed by atoms with Crippen molar-refractivity contribution in [3.05, 3.63) is 52.9 Å². The summed E-state index contributed by atoms with van der Waals surface area (Å²) in [6.45, 7) is 1.56. The third-order valence-corrected chi connectivity index (χ3v) is 3.84. The second-order valence-electron chi connectivity index (χ2n) is 5.14. The normalized spacial score (nSPS) is 18.4. The average Bonchev–Trinajstić information content (AvgIpc) is 2.79. The van der Waals surface area contributed by atoms with Crippen molar-refractivity contribution >= 4 is 0 Å². The number of halogens is 2. The number of hydrogen-bond acceptors (Lipinski definition) is 1. The zero-order valence-electron chi connectivity index (χ0n) is 10.8. The summed E-state index contributed by atoms with van der Waals surface area (Å²) in [5.41, 5.74) is 8.68. The maximum atomic E-state index is 14.0. The molecule has 2 aromatic rings. The predicted molar refractivity (Wildman–Crippen MR) is 70.3 cm³/mol. The lowest BCUT2D eigenvalue weighted by atomic mass is 9.93. The molecule has 1 aliphatic rings. The maximum absolute atomic E-state index is 14.0. The molecule has 2 nitrogen and oxygen atoms in total. The molecule has 0 aliphatic heterocycles. The van der Waals surface area contributed by atoms with Gasteiger partial charge >= 0.3 is 0 Å². The van der Waals surface area contributed by atoms with Gasteiger partial charge in [0.25, 0.3) is 0 Å². The van der Waals surface area contributed by atoms with Crippen LogP contribution >= 0.6 is 0 Å². The van der Waals surface area contributed by atoms with Gasteiger partial charge in [0.2, 0.25) is 0 Å². The molecule has 1 heterocycles. The van der Waals surface area contributed by atoms with Gasteiger partial charge in [0.05, 0.1) is 5.69 Å².